The van der Waals surface area contributed by atoms with Crippen LogP contribution in [0.5, 0.6) is 0 Å². The summed E-state index contributed by atoms with van der Waals surface area (Å²) < 4.78 is 65.4. The lowest BCUT2D eigenvalue weighted by Crippen LogP contribution is -2.34. The van der Waals surface area contributed by atoms with E-state index in [2.05, 4.69) is 235 Å². The van der Waals surface area contributed by atoms with E-state index in [1.165, 1.54) is 44.9 Å². The molecule has 0 amide bonds. The quantitative estimate of drug-likeness (QED) is 0.113. The van der Waals surface area contributed by atoms with Gasteiger partial charge in [-0.1, -0.05) is 349 Å². The third kappa shape index (κ3) is 81.7. The van der Waals surface area contributed by atoms with Crippen molar-refractivity contribution in [3.05, 3.63) is 0 Å². The Balaban J connectivity index is -0.0000000828. The molecule has 3 atom stereocenters. The van der Waals surface area contributed by atoms with Crippen molar-refractivity contribution < 1.29 is 22.0 Å². The van der Waals surface area contributed by atoms with Gasteiger partial charge in [-0.25, -0.2) is 22.0 Å². The van der Waals surface area contributed by atoms with Crippen molar-refractivity contribution in [1.82, 2.24) is 0 Å². The Morgan fingerprint density at radius 1 is 0.284 bits per heavy atom. The Labute approximate surface area is 562 Å². The molecule has 0 nitrogen and oxygen atoms in total. The minimum atomic E-state index is -1.04. The van der Waals surface area contributed by atoms with Gasteiger partial charge in [0.25, 0.3) is 0 Å². The summed E-state index contributed by atoms with van der Waals surface area (Å²) in [6, 6.07) is 0. The van der Waals surface area contributed by atoms with Crippen LogP contribution in [0.4, 0.5) is 22.0 Å². The monoisotopic (exact) mass is 1280 g/mol. The molecule has 0 saturated heterocycles. The predicted molar refractivity (Wildman–Crippen MR) is 407 cm³/mol. The third-order valence-electron chi connectivity index (χ3n) is 19.0. The van der Waals surface area contributed by atoms with Crippen molar-refractivity contribution in [1.29, 1.82) is 0 Å². The topological polar surface area (TPSA) is 0 Å². The van der Waals surface area contributed by atoms with E-state index in [1.807, 2.05) is 55.4 Å². The van der Waals surface area contributed by atoms with Crippen LogP contribution in [0.1, 0.15) is 435 Å². The number of rotatable bonds is 19. The summed E-state index contributed by atoms with van der Waals surface area (Å²) in [6.07, 6.45) is 15.8. The summed E-state index contributed by atoms with van der Waals surface area (Å²) in [5.74, 6) is 3.11. The van der Waals surface area contributed by atoms with Crippen molar-refractivity contribution in [2.45, 2.75) is 463 Å². The standard InChI is InChI=1S/C10H21F.C10H22.C9H19F.C9H20.2C7H15F.2C7H16.C6H13F.C6H14.C5H12/c1-7(2)9(8(3)4)10(5,6)11;1-7-10(6,8-2)9(3,4)5;1-5-8(6-2)9(4,10)7-3;1-6-8(7-2)9(3,4)5;1-5-7(4,8)6(2)3;1-4-6-7(3,8)5-2;1-6(2)7(3,4)5;1-5-6-7(2,3)4;1-4-6(3,7)5-2;1-5-6(2,3)4;1-5(2,3)4/h7-9H,1-6H3;7-8H2,1-6H3;8H,5-7H2,1-4H3;8H,6-7H2,1-5H3;6H,5H2,1-4H3;4-6H2,1-3H3;6H,1-5H3;5-6H2,1-4H3;4-5H2,1-3H3;5H2,1-4H3;1-4H3. The van der Waals surface area contributed by atoms with Gasteiger partial charge in [-0.3, -0.25) is 0 Å². The van der Waals surface area contributed by atoms with Gasteiger partial charge in [0.05, 0.1) is 0 Å². The van der Waals surface area contributed by atoms with Gasteiger partial charge in [0.2, 0.25) is 0 Å². The highest BCUT2D eigenvalue weighted by atomic mass is 19.2. The van der Waals surface area contributed by atoms with E-state index in [-0.39, 0.29) is 17.8 Å². The minimum absolute atomic E-state index is 0.146. The summed E-state index contributed by atoms with van der Waals surface area (Å²) in [5, 5.41) is 0. The smallest absolute Gasteiger partial charge is 0.110 e. The highest BCUT2D eigenvalue weighted by Crippen LogP contribution is 2.43. The van der Waals surface area contributed by atoms with E-state index >= 15 is 0 Å². The van der Waals surface area contributed by atoms with Crippen molar-refractivity contribution in [3.63, 3.8) is 0 Å². The molecule has 550 valence electrons. The van der Waals surface area contributed by atoms with Gasteiger partial charge in [0, 0.05) is 0 Å². The zero-order valence-corrected chi connectivity index (χ0v) is 71.2. The summed E-state index contributed by atoms with van der Waals surface area (Å²) >= 11 is 0. The predicted octanol–water partition coefficient (Wildman–Crippen LogP) is 32.8. The fourth-order valence-corrected chi connectivity index (χ4v) is 8.71. The molecule has 0 aromatic carbocycles. The SMILES string of the molecule is CC(C)(C)C.CC(C)C(C(C)C)C(C)(C)F.CC(C)C(C)(C)C.CCC(C)(C)C.CCC(C)(CC)C(C)(C)C.CCC(C)(F)C(C)C.CCC(C)(F)CC.CCC(CC)C(C)(C)C.CCC(CC)C(C)(F)CC.CCCC(C)(C)C.CCCC(C)(F)CC. The molecule has 0 aromatic heterocycles. The van der Waals surface area contributed by atoms with Crippen LogP contribution in [0.25, 0.3) is 0 Å². The molecular formula is C83H183F5. The zero-order valence-electron chi connectivity index (χ0n) is 71.2. The molecule has 0 fully saturated rings. The Kier molecular flexibility index (Phi) is 68.5. The second-order valence-electron chi connectivity index (χ2n) is 36.3. The van der Waals surface area contributed by atoms with E-state index in [0.717, 1.165) is 31.1 Å². The highest BCUT2D eigenvalue weighted by Gasteiger charge is 2.35. The molecule has 0 heterocycles. The molecule has 0 rings (SSSR count). The van der Waals surface area contributed by atoms with Gasteiger partial charge >= 0.3 is 0 Å². The maximum atomic E-state index is 13.6. The Bertz CT molecular complexity index is 1370. The van der Waals surface area contributed by atoms with Crippen LogP contribution in [0.3, 0.4) is 0 Å². The molecule has 88 heavy (non-hydrogen) atoms. The third-order valence-corrected chi connectivity index (χ3v) is 19.0. The second kappa shape index (κ2) is 53.8. The molecule has 0 saturated carbocycles. The first-order valence-corrected chi connectivity index (χ1v) is 37.0. The fraction of sp³-hybridized carbons (Fsp3) is 1.00. The van der Waals surface area contributed by atoms with Gasteiger partial charge in [-0.05, 0) is 166 Å². The Morgan fingerprint density at radius 2 is 0.545 bits per heavy atom. The van der Waals surface area contributed by atoms with Crippen LogP contribution < -0.4 is 0 Å². The van der Waals surface area contributed by atoms with Gasteiger partial charge in [0.1, 0.15) is 28.3 Å². The lowest BCUT2D eigenvalue weighted by molar-refractivity contribution is 0.0561. The number of hydrogen-bond donors (Lipinski definition) is 0. The maximum absolute atomic E-state index is 13.6. The first-order valence-electron chi connectivity index (χ1n) is 37.0. The minimum Gasteiger partial charge on any atom is -0.244 e. The van der Waals surface area contributed by atoms with Crippen molar-refractivity contribution in [2.24, 2.45) is 79.3 Å². The van der Waals surface area contributed by atoms with Gasteiger partial charge < -0.3 is 0 Å². The van der Waals surface area contributed by atoms with E-state index < -0.39 is 28.3 Å². The van der Waals surface area contributed by atoms with E-state index in [0.29, 0.717) is 88.3 Å². The van der Waals surface area contributed by atoms with Gasteiger partial charge in [-0.15, -0.1) is 0 Å². The molecule has 0 N–H and O–H groups in total. The van der Waals surface area contributed by atoms with E-state index in [9.17, 15) is 22.0 Å². The van der Waals surface area contributed by atoms with Gasteiger partial charge in [-0.2, -0.15) is 0 Å². The molecular weight excluding hydrogens is 1090 g/mol. The molecule has 0 spiro atoms. The normalized spacial score (nSPS) is 14.3. The van der Waals surface area contributed by atoms with Gasteiger partial charge in [0.15, 0.2) is 0 Å². The van der Waals surface area contributed by atoms with E-state index in [1.54, 1.807) is 41.5 Å². The number of hydrogen-bond acceptors (Lipinski definition) is 0. The Hall–Kier alpha value is -0.350. The summed E-state index contributed by atoms with van der Waals surface area (Å²) in [7, 11) is 0. The van der Waals surface area contributed by atoms with Crippen LogP contribution in [0.15, 0.2) is 0 Å². The number of alkyl halides is 5. The average Bonchev–Trinajstić information content (AvgIpc) is 3.33. The summed E-state index contributed by atoms with van der Waals surface area (Å²) in [4.78, 5) is 0. The van der Waals surface area contributed by atoms with Crippen LogP contribution in [-0.4, -0.2) is 28.3 Å². The van der Waals surface area contributed by atoms with Crippen LogP contribution in [0, 0.1) is 79.3 Å². The van der Waals surface area contributed by atoms with Crippen molar-refractivity contribution in [3.8, 4) is 0 Å². The Morgan fingerprint density at radius 3 is 0.568 bits per heavy atom. The first kappa shape index (κ1) is 112. The zero-order chi connectivity index (χ0) is 74.4. The molecule has 3 unspecified atom stereocenters. The average molecular weight is 1280 g/mol. The van der Waals surface area contributed by atoms with Crippen LogP contribution >= 0.6 is 0 Å². The number of halogens is 5. The molecule has 0 bridgehead atoms. The second-order valence-corrected chi connectivity index (χ2v) is 36.3. The van der Waals surface area contributed by atoms with Crippen molar-refractivity contribution >= 4 is 0 Å². The van der Waals surface area contributed by atoms with E-state index in [4.69, 9.17) is 0 Å². The molecule has 0 aliphatic carbocycles. The molecule has 0 aliphatic heterocycles. The summed E-state index contributed by atoms with van der Waals surface area (Å²) in [5.41, 5.74) is -1.18. The largest absolute Gasteiger partial charge is 0.244 e. The molecule has 0 aromatic rings. The fourth-order valence-electron chi connectivity index (χ4n) is 8.71. The lowest BCUT2D eigenvalue weighted by Gasteiger charge is -2.40. The maximum Gasteiger partial charge on any atom is 0.110 e. The van der Waals surface area contributed by atoms with Crippen LogP contribution in [0.2, 0.25) is 0 Å². The van der Waals surface area contributed by atoms with Crippen molar-refractivity contribution in [2.75, 3.05) is 0 Å². The molecule has 5 heteroatoms. The lowest BCUT2D eigenvalue weighted by atomic mass is 9.65. The highest BCUT2D eigenvalue weighted by molar-refractivity contribution is 4.84. The first-order chi connectivity index (χ1) is 38.5. The molecule has 0 aliphatic rings. The summed E-state index contributed by atoms with van der Waals surface area (Å²) in [6.45, 7) is 101. The molecule has 0 radical (unpaired) electrons. The van der Waals surface area contributed by atoms with Crippen LogP contribution in [-0.2, 0) is 0 Å².